The first-order valence-electron chi connectivity index (χ1n) is 10.5. The molecule has 2 heterocycles. The molecule has 28 heavy (non-hydrogen) atoms. The highest BCUT2D eigenvalue weighted by molar-refractivity contribution is 5.46. The van der Waals surface area contributed by atoms with Crippen LogP contribution in [0.4, 0.5) is 4.39 Å². The number of likely N-dealkylation sites (tertiary alicyclic amines) is 1. The van der Waals surface area contributed by atoms with Gasteiger partial charge in [0.2, 0.25) is 0 Å². The average molecular weight is 377 g/mol. The summed E-state index contributed by atoms with van der Waals surface area (Å²) < 4.78 is 13.3. The van der Waals surface area contributed by atoms with Crippen LogP contribution in [0.3, 0.4) is 0 Å². The molecule has 1 atom stereocenters. The van der Waals surface area contributed by atoms with E-state index in [-0.39, 0.29) is 11.7 Å². The lowest BCUT2D eigenvalue weighted by Gasteiger charge is -2.32. The van der Waals surface area contributed by atoms with Gasteiger partial charge in [0.15, 0.2) is 0 Å². The molecule has 4 rings (SSSR count). The van der Waals surface area contributed by atoms with E-state index >= 15 is 0 Å². The van der Waals surface area contributed by atoms with Crippen LogP contribution in [-0.4, -0.2) is 43.0 Å². The van der Waals surface area contributed by atoms with Gasteiger partial charge in [-0.3, -0.25) is 0 Å². The maximum Gasteiger partial charge on any atom is 0.123 e. The molecule has 0 radical (unpaired) electrons. The molecule has 0 N–H and O–H groups in total. The van der Waals surface area contributed by atoms with E-state index in [4.69, 9.17) is 0 Å². The van der Waals surface area contributed by atoms with Crippen molar-refractivity contribution in [1.82, 2.24) is 9.80 Å². The molecule has 3 heteroatoms. The average Bonchev–Trinajstić information content (AvgIpc) is 2.72. The fraction of sp³-hybridized carbons (Fsp3) is 0.440. The highest BCUT2D eigenvalue weighted by atomic mass is 19.1. The molecule has 2 aromatic carbocycles. The van der Waals surface area contributed by atoms with Gasteiger partial charge in [-0.25, -0.2) is 4.39 Å². The second kappa shape index (κ2) is 8.90. The highest BCUT2D eigenvalue weighted by Crippen LogP contribution is 2.33. The predicted molar refractivity (Wildman–Crippen MR) is 113 cm³/mol. The smallest absolute Gasteiger partial charge is 0.123 e. The summed E-state index contributed by atoms with van der Waals surface area (Å²) in [5.41, 5.74) is 4.97. The van der Waals surface area contributed by atoms with Gasteiger partial charge < -0.3 is 9.80 Å². The number of hydrogen-bond donors (Lipinski definition) is 0. The quantitative estimate of drug-likeness (QED) is 0.721. The monoisotopic (exact) mass is 376 g/mol. The van der Waals surface area contributed by atoms with E-state index in [1.54, 1.807) is 12.1 Å². The summed E-state index contributed by atoms with van der Waals surface area (Å²) in [6.07, 6.45) is 4.99. The minimum Gasteiger partial charge on any atom is -0.302 e. The number of piperidine rings is 1. The zero-order chi connectivity index (χ0) is 19.3. The largest absolute Gasteiger partial charge is 0.302 e. The Morgan fingerprint density at radius 1 is 1.04 bits per heavy atom. The van der Waals surface area contributed by atoms with Crippen LogP contribution < -0.4 is 0 Å². The molecule has 1 saturated heterocycles. The molecule has 0 amide bonds. The van der Waals surface area contributed by atoms with Crippen LogP contribution in [-0.2, 0) is 6.54 Å². The van der Waals surface area contributed by atoms with Gasteiger partial charge in [-0.15, -0.1) is 0 Å². The van der Waals surface area contributed by atoms with Crippen molar-refractivity contribution in [3.8, 4) is 11.8 Å². The standard InChI is InChI=1S/C25H29FN2/c1-27-18-22-17-20(7-3-6-16-28-14-4-2-5-15-28)8-13-24(22)25(19-27)21-9-11-23(26)12-10-21/h8-13,17,25H,2,4-6,14-16,18-19H2,1H3. The first-order valence-corrected chi connectivity index (χ1v) is 10.5. The maximum atomic E-state index is 13.3. The zero-order valence-electron chi connectivity index (χ0n) is 16.8. The van der Waals surface area contributed by atoms with E-state index in [1.807, 2.05) is 12.1 Å². The normalized spacial score (nSPS) is 20.3. The van der Waals surface area contributed by atoms with Crippen LogP contribution >= 0.6 is 0 Å². The summed E-state index contributed by atoms with van der Waals surface area (Å²) in [6, 6.07) is 13.6. The van der Waals surface area contributed by atoms with E-state index in [0.29, 0.717) is 0 Å². The van der Waals surface area contributed by atoms with Crippen molar-refractivity contribution in [3.05, 3.63) is 70.5 Å². The van der Waals surface area contributed by atoms with Crippen LogP contribution in [0.2, 0.25) is 0 Å². The van der Waals surface area contributed by atoms with Gasteiger partial charge >= 0.3 is 0 Å². The van der Waals surface area contributed by atoms with Gasteiger partial charge in [0, 0.05) is 37.5 Å². The van der Waals surface area contributed by atoms with Gasteiger partial charge in [-0.1, -0.05) is 36.5 Å². The number of fused-ring (bicyclic) bond motifs is 1. The molecular weight excluding hydrogens is 347 g/mol. The number of likely N-dealkylation sites (N-methyl/N-ethyl adjacent to an activating group) is 1. The number of rotatable bonds is 3. The molecule has 0 bridgehead atoms. The minimum atomic E-state index is -0.177. The van der Waals surface area contributed by atoms with Crippen molar-refractivity contribution in [1.29, 1.82) is 0 Å². The number of halogens is 1. The second-order valence-electron chi connectivity index (χ2n) is 8.17. The molecular formula is C25H29FN2. The van der Waals surface area contributed by atoms with Gasteiger partial charge in [-0.05, 0) is 73.9 Å². The summed E-state index contributed by atoms with van der Waals surface area (Å²) in [7, 11) is 2.15. The van der Waals surface area contributed by atoms with E-state index in [9.17, 15) is 4.39 Å². The van der Waals surface area contributed by atoms with E-state index in [2.05, 4.69) is 46.9 Å². The first-order chi connectivity index (χ1) is 13.7. The molecule has 0 spiro atoms. The third kappa shape index (κ3) is 4.63. The lowest BCUT2D eigenvalue weighted by Crippen LogP contribution is -2.31. The Morgan fingerprint density at radius 3 is 2.61 bits per heavy atom. The van der Waals surface area contributed by atoms with Gasteiger partial charge in [-0.2, -0.15) is 0 Å². The van der Waals surface area contributed by atoms with Crippen molar-refractivity contribution in [2.45, 2.75) is 38.1 Å². The number of nitrogens with zero attached hydrogens (tertiary/aromatic N) is 2. The molecule has 2 nitrogen and oxygen atoms in total. The lowest BCUT2D eigenvalue weighted by atomic mass is 9.84. The highest BCUT2D eigenvalue weighted by Gasteiger charge is 2.24. The minimum absolute atomic E-state index is 0.177. The van der Waals surface area contributed by atoms with Crippen molar-refractivity contribution in [2.24, 2.45) is 0 Å². The Bertz CT molecular complexity index is 856. The van der Waals surface area contributed by atoms with E-state index in [1.165, 1.54) is 49.0 Å². The van der Waals surface area contributed by atoms with Crippen LogP contribution in [0.25, 0.3) is 0 Å². The molecule has 2 aromatic rings. The molecule has 0 aliphatic carbocycles. The molecule has 0 saturated carbocycles. The zero-order valence-corrected chi connectivity index (χ0v) is 16.8. The van der Waals surface area contributed by atoms with E-state index in [0.717, 1.165) is 31.6 Å². The fourth-order valence-electron chi connectivity index (χ4n) is 4.47. The third-order valence-electron chi connectivity index (χ3n) is 5.96. The molecule has 146 valence electrons. The van der Waals surface area contributed by atoms with Crippen LogP contribution in [0.1, 0.15) is 53.9 Å². The Kier molecular flexibility index (Phi) is 6.10. The van der Waals surface area contributed by atoms with Crippen LogP contribution in [0, 0.1) is 17.7 Å². The summed E-state index contributed by atoms with van der Waals surface area (Å²) in [5.74, 6) is 6.85. The molecule has 1 unspecified atom stereocenters. The maximum absolute atomic E-state index is 13.3. The third-order valence-corrected chi connectivity index (χ3v) is 5.96. The number of hydrogen-bond acceptors (Lipinski definition) is 2. The van der Waals surface area contributed by atoms with Crippen molar-refractivity contribution < 1.29 is 4.39 Å². The topological polar surface area (TPSA) is 6.48 Å². The summed E-state index contributed by atoms with van der Waals surface area (Å²) in [5, 5.41) is 0. The van der Waals surface area contributed by atoms with Crippen molar-refractivity contribution in [3.63, 3.8) is 0 Å². The Labute approximate surface area is 168 Å². The van der Waals surface area contributed by atoms with Crippen molar-refractivity contribution in [2.75, 3.05) is 33.2 Å². The van der Waals surface area contributed by atoms with Gasteiger partial charge in [0.25, 0.3) is 0 Å². The summed E-state index contributed by atoms with van der Waals surface area (Å²) in [6.45, 7) is 5.46. The Hall–Kier alpha value is -2.15. The van der Waals surface area contributed by atoms with Crippen LogP contribution in [0.5, 0.6) is 0 Å². The number of benzene rings is 2. The van der Waals surface area contributed by atoms with Gasteiger partial charge in [0.1, 0.15) is 5.82 Å². The van der Waals surface area contributed by atoms with Crippen molar-refractivity contribution >= 4 is 0 Å². The summed E-state index contributed by atoms with van der Waals surface area (Å²) >= 11 is 0. The Balaban J connectivity index is 1.47. The molecule has 1 fully saturated rings. The second-order valence-corrected chi connectivity index (χ2v) is 8.17. The Morgan fingerprint density at radius 2 is 1.82 bits per heavy atom. The first kappa shape index (κ1) is 19.2. The van der Waals surface area contributed by atoms with Gasteiger partial charge in [0.05, 0.1) is 0 Å². The molecule has 2 aliphatic rings. The van der Waals surface area contributed by atoms with E-state index < -0.39 is 0 Å². The lowest BCUT2D eigenvalue weighted by molar-refractivity contribution is 0.234. The van der Waals surface area contributed by atoms with Crippen LogP contribution in [0.15, 0.2) is 42.5 Å². The predicted octanol–water partition coefficient (Wildman–Crippen LogP) is 4.63. The molecule has 2 aliphatic heterocycles. The fourth-order valence-corrected chi connectivity index (χ4v) is 4.47. The summed E-state index contributed by atoms with van der Waals surface area (Å²) in [4.78, 5) is 4.87. The SMILES string of the molecule is CN1Cc2cc(C#CCCN3CCCCC3)ccc2C(c2ccc(F)cc2)C1. The molecule has 0 aromatic heterocycles.